The lowest BCUT2D eigenvalue weighted by Gasteiger charge is -2.22. The molecule has 1 saturated carbocycles. The molecule has 1 aliphatic heterocycles. The van der Waals surface area contributed by atoms with Gasteiger partial charge in [0.05, 0.1) is 6.04 Å². The van der Waals surface area contributed by atoms with Crippen molar-refractivity contribution >= 4 is 5.91 Å². The highest BCUT2D eigenvalue weighted by atomic mass is 16.5. The van der Waals surface area contributed by atoms with Crippen LogP contribution in [-0.2, 0) is 4.74 Å². The highest BCUT2D eigenvalue weighted by Gasteiger charge is 2.42. The molecule has 0 aromatic carbocycles. The van der Waals surface area contributed by atoms with Crippen LogP contribution in [0.5, 0.6) is 0 Å². The molecule has 22 heavy (non-hydrogen) atoms. The van der Waals surface area contributed by atoms with E-state index in [2.05, 4.69) is 15.7 Å². The van der Waals surface area contributed by atoms with Gasteiger partial charge in [-0.25, -0.2) is 0 Å². The summed E-state index contributed by atoms with van der Waals surface area (Å²) in [6.45, 7) is 3.50. The number of hydrogen-bond acceptors (Lipinski definition) is 4. The van der Waals surface area contributed by atoms with Gasteiger partial charge < -0.3 is 15.4 Å². The summed E-state index contributed by atoms with van der Waals surface area (Å²) >= 11 is 0. The van der Waals surface area contributed by atoms with Crippen LogP contribution in [-0.4, -0.2) is 49.0 Å². The number of carbonyl (C=O) groups excluding carboxylic acids is 1. The van der Waals surface area contributed by atoms with E-state index < -0.39 is 0 Å². The second-order valence-corrected chi connectivity index (χ2v) is 6.61. The van der Waals surface area contributed by atoms with E-state index in [1.54, 1.807) is 7.11 Å². The summed E-state index contributed by atoms with van der Waals surface area (Å²) in [7, 11) is 1.72. The van der Waals surface area contributed by atoms with Crippen LogP contribution < -0.4 is 10.6 Å². The number of nitrogens with zero attached hydrogens (tertiary/aromatic N) is 2. The average Bonchev–Trinajstić information content (AvgIpc) is 3.16. The van der Waals surface area contributed by atoms with Gasteiger partial charge in [-0.2, -0.15) is 5.10 Å². The molecule has 1 amide bonds. The molecule has 0 spiro atoms. The van der Waals surface area contributed by atoms with Crippen molar-refractivity contribution in [2.24, 2.45) is 5.41 Å². The first kappa shape index (κ1) is 15.5. The Hall–Kier alpha value is -1.40. The largest absolute Gasteiger partial charge is 0.385 e. The first-order valence-electron chi connectivity index (χ1n) is 8.25. The maximum absolute atomic E-state index is 12.3. The molecule has 2 aliphatic rings. The smallest absolute Gasteiger partial charge is 0.271 e. The third-order valence-electron chi connectivity index (χ3n) is 4.90. The molecule has 3 rings (SSSR count). The minimum absolute atomic E-state index is 0.0637. The Balaban J connectivity index is 1.51. The lowest BCUT2D eigenvalue weighted by Crippen LogP contribution is -2.33. The zero-order valence-corrected chi connectivity index (χ0v) is 13.3. The van der Waals surface area contributed by atoms with Crippen LogP contribution in [0.3, 0.4) is 0 Å². The van der Waals surface area contributed by atoms with Gasteiger partial charge in [0.15, 0.2) is 0 Å². The number of piperidine rings is 1. The molecule has 1 saturated heterocycles. The van der Waals surface area contributed by atoms with E-state index >= 15 is 0 Å². The second kappa shape index (κ2) is 6.79. The van der Waals surface area contributed by atoms with Crippen molar-refractivity contribution in [2.75, 3.05) is 33.4 Å². The van der Waals surface area contributed by atoms with Crippen LogP contribution in [0.25, 0.3) is 0 Å². The van der Waals surface area contributed by atoms with Crippen molar-refractivity contribution in [3.63, 3.8) is 0 Å². The third-order valence-corrected chi connectivity index (χ3v) is 4.90. The van der Waals surface area contributed by atoms with Crippen molar-refractivity contribution in [3.8, 4) is 0 Å². The lowest BCUT2D eigenvalue weighted by atomic mass is 10.0. The Morgan fingerprint density at radius 2 is 2.45 bits per heavy atom. The van der Waals surface area contributed by atoms with Crippen LogP contribution >= 0.6 is 0 Å². The van der Waals surface area contributed by atoms with E-state index in [0.29, 0.717) is 11.7 Å². The fourth-order valence-electron chi connectivity index (χ4n) is 3.09. The SMILES string of the molecule is COCCC1(CNC(=O)c2ccn(C3CCCNC3)n2)CC1. The molecule has 1 unspecified atom stereocenters. The molecule has 6 heteroatoms. The quantitative estimate of drug-likeness (QED) is 0.798. The minimum atomic E-state index is -0.0637. The first-order chi connectivity index (χ1) is 10.7. The van der Waals surface area contributed by atoms with Crippen LogP contribution in [0.1, 0.15) is 48.6 Å². The summed E-state index contributed by atoms with van der Waals surface area (Å²) in [5.41, 5.74) is 0.787. The Kier molecular flexibility index (Phi) is 4.78. The van der Waals surface area contributed by atoms with Gasteiger partial charge in [-0.05, 0) is 50.1 Å². The summed E-state index contributed by atoms with van der Waals surface area (Å²) in [6, 6.07) is 2.19. The number of hydrogen-bond donors (Lipinski definition) is 2. The topological polar surface area (TPSA) is 68.2 Å². The number of rotatable bonds is 7. The molecule has 1 atom stereocenters. The van der Waals surface area contributed by atoms with Crippen molar-refractivity contribution in [2.45, 2.75) is 38.1 Å². The Morgan fingerprint density at radius 3 is 3.14 bits per heavy atom. The summed E-state index contributed by atoms with van der Waals surface area (Å²) in [6.07, 6.45) is 7.58. The highest BCUT2D eigenvalue weighted by Crippen LogP contribution is 2.48. The van der Waals surface area contributed by atoms with Crippen LogP contribution in [0.15, 0.2) is 12.3 Å². The highest BCUT2D eigenvalue weighted by molar-refractivity contribution is 5.92. The number of methoxy groups -OCH3 is 1. The number of aromatic nitrogens is 2. The van der Waals surface area contributed by atoms with Gasteiger partial charge in [-0.3, -0.25) is 9.48 Å². The molecule has 2 heterocycles. The van der Waals surface area contributed by atoms with Gasteiger partial charge in [0.1, 0.15) is 5.69 Å². The van der Waals surface area contributed by atoms with Crippen LogP contribution in [0, 0.1) is 5.41 Å². The van der Waals surface area contributed by atoms with Gasteiger partial charge in [-0.1, -0.05) is 0 Å². The van der Waals surface area contributed by atoms with E-state index in [4.69, 9.17) is 4.74 Å². The van der Waals surface area contributed by atoms with Crippen molar-refractivity contribution in [3.05, 3.63) is 18.0 Å². The van der Waals surface area contributed by atoms with Gasteiger partial charge in [0.25, 0.3) is 5.91 Å². The molecular formula is C16H26N4O2. The number of carbonyl (C=O) groups is 1. The number of ether oxygens (including phenoxy) is 1. The van der Waals surface area contributed by atoms with E-state index in [-0.39, 0.29) is 11.3 Å². The molecule has 2 N–H and O–H groups in total. The first-order valence-corrected chi connectivity index (χ1v) is 8.25. The molecule has 0 bridgehead atoms. The van der Waals surface area contributed by atoms with Gasteiger partial charge in [-0.15, -0.1) is 0 Å². The van der Waals surface area contributed by atoms with Crippen LogP contribution in [0.2, 0.25) is 0 Å². The molecule has 1 aromatic heterocycles. The van der Waals surface area contributed by atoms with Crippen molar-refractivity contribution in [1.82, 2.24) is 20.4 Å². The van der Waals surface area contributed by atoms with Crippen molar-refractivity contribution in [1.29, 1.82) is 0 Å². The molecular weight excluding hydrogens is 280 g/mol. The predicted molar refractivity (Wildman–Crippen MR) is 83.9 cm³/mol. The Morgan fingerprint density at radius 1 is 1.59 bits per heavy atom. The fraction of sp³-hybridized carbons (Fsp3) is 0.750. The molecule has 2 fully saturated rings. The number of amides is 1. The third kappa shape index (κ3) is 3.67. The molecule has 1 aliphatic carbocycles. The summed E-state index contributed by atoms with van der Waals surface area (Å²) in [5, 5.41) is 10.9. The predicted octanol–water partition coefficient (Wildman–Crippen LogP) is 1.35. The van der Waals surface area contributed by atoms with E-state index in [1.165, 1.54) is 12.8 Å². The van der Waals surface area contributed by atoms with Gasteiger partial charge >= 0.3 is 0 Å². The molecule has 122 valence electrons. The van der Waals surface area contributed by atoms with Gasteiger partial charge in [0, 0.05) is 33.0 Å². The Bertz CT molecular complexity index is 504. The Labute approximate surface area is 131 Å². The lowest BCUT2D eigenvalue weighted by molar-refractivity contribution is 0.0931. The molecule has 0 radical (unpaired) electrons. The standard InChI is InChI=1S/C16H26N4O2/c1-22-10-7-16(5-6-16)12-18-15(21)14-4-9-20(19-14)13-3-2-8-17-11-13/h4,9,13,17H,2-3,5-8,10-12H2,1H3,(H,18,21). The summed E-state index contributed by atoms with van der Waals surface area (Å²) < 4.78 is 7.07. The normalized spacial score (nSPS) is 23.2. The summed E-state index contributed by atoms with van der Waals surface area (Å²) in [4.78, 5) is 12.3. The monoisotopic (exact) mass is 306 g/mol. The van der Waals surface area contributed by atoms with Crippen molar-refractivity contribution < 1.29 is 9.53 Å². The van der Waals surface area contributed by atoms with E-state index in [1.807, 2.05) is 16.9 Å². The summed E-state index contributed by atoms with van der Waals surface area (Å²) in [5.74, 6) is -0.0637. The maximum atomic E-state index is 12.3. The van der Waals surface area contributed by atoms with Crippen LogP contribution in [0.4, 0.5) is 0 Å². The maximum Gasteiger partial charge on any atom is 0.271 e. The molecule has 6 nitrogen and oxygen atoms in total. The zero-order chi connectivity index (χ0) is 15.4. The zero-order valence-electron chi connectivity index (χ0n) is 13.3. The van der Waals surface area contributed by atoms with E-state index in [0.717, 1.165) is 45.5 Å². The average molecular weight is 306 g/mol. The number of nitrogens with one attached hydrogen (secondary N) is 2. The van der Waals surface area contributed by atoms with Gasteiger partial charge in [0.2, 0.25) is 0 Å². The molecule has 1 aromatic rings. The fourth-order valence-corrected chi connectivity index (χ4v) is 3.09. The van der Waals surface area contributed by atoms with E-state index in [9.17, 15) is 4.79 Å². The minimum Gasteiger partial charge on any atom is -0.385 e. The second-order valence-electron chi connectivity index (χ2n) is 6.61.